The predicted molar refractivity (Wildman–Crippen MR) is 108 cm³/mol. The summed E-state index contributed by atoms with van der Waals surface area (Å²) in [5, 5.41) is 4.09. The van der Waals surface area contributed by atoms with Crippen LogP contribution in [0.3, 0.4) is 0 Å². The van der Waals surface area contributed by atoms with Gasteiger partial charge in [-0.05, 0) is 19.9 Å². The third-order valence-corrected chi connectivity index (χ3v) is 6.32. The normalized spacial score (nSPS) is 17.6. The molecule has 1 saturated heterocycles. The highest BCUT2D eigenvalue weighted by atomic mass is 32.1. The number of carbonyl (C=O) groups is 1. The number of hydrogen-bond donors (Lipinski definition) is 2. The van der Waals surface area contributed by atoms with E-state index >= 15 is 0 Å². The predicted octanol–water partition coefficient (Wildman–Crippen LogP) is 2.59. The first-order chi connectivity index (χ1) is 13.5. The topological polar surface area (TPSA) is 96.0 Å². The zero-order valence-electron chi connectivity index (χ0n) is 16.2. The van der Waals surface area contributed by atoms with Crippen LogP contribution in [0.25, 0.3) is 11.0 Å². The third-order valence-electron chi connectivity index (χ3n) is 5.55. The first-order valence-corrected chi connectivity index (χ1v) is 10.2. The molecule has 28 heavy (non-hydrogen) atoms. The van der Waals surface area contributed by atoms with Gasteiger partial charge in [0.05, 0.1) is 22.6 Å². The summed E-state index contributed by atoms with van der Waals surface area (Å²) in [6.07, 6.45) is 4.61. The van der Waals surface area contributed by atoms with E-state index in [1.807, 2.05) is 26.1 Å². The SMILES string of the molecule is COC1(C(=O)NC(C)c2ncsc2C)CCN(c2ncnc3[nH]ccc23)CC1. The van der Waals surface area contributed by atoms with Gasteiger partial charge in [-0.25, -0.2) is 15.0 Å². The van der Waals surface area contributed by atoms with Crippen molar-refractivity contribution in [3.8, 4) is 0 Å². The monoisotopic (exact) mass is 400 g/mol. The van der Waals surface area contributed by atoms with Gasteiger partial charge in [0.25, 0.3) is 5.91 Å². The van der Waals surface area contributed by atoms with Crippen LogP contribution >= 0.6 is 11.3 Å². The van der Waals surface area contributed by atoms with E-state index in [0.29, 0.717) is 25.9 Å². The molecule has 1 amide bonds. The van der Waals surface area contributed by atoms with Crippen LogP contribution in [0.15, 0.2) is 24.1 Å². The molecule has 9 heteroatoms. The lowest BCUT2D eigenvalue weighted by Gasteiger charge is -2.40. The Morgan fingerprint density at radius 2 is 2.14 bits per heavy atom. The summed E-state index contributed by atoms with van der Waals surface area (Å²) < 4.78 is 5.75. The Labute approximate surface area is 167 Å². The Balaban J connectivity index is 1.47. The first kappa shape index (κ1) is 18.8. The fraction of sp³-hybridized carbons (Fsp3) is 0.474. The molecule has 4 rings (SSSR count). The van der Waals surface area contributed by atoms with Crippen LogP contribution in [0.2, 0.25) is 0 Å². The fourth-order valence-corrected chi connectivity index (χ4v) is 4.52. The number of fused-ring (bicyclic) bond motifs is 1. The molecule has 1 fully saturated rings. The molecule has 0 spiro atoms. The number of rotatable bonds is 5. The summed E-state index contributed by atoms with van der Waals surface area (Å²) in [6, 6.07) is 1.83. The lowest BCUT2D eigenvalue weighted by Crippen LogP contribution is -2.55. The zero-order valence-corrected chi connectivity index (χ0v) is 17.0. The number of anilines is 1. The van der Waals surface area contributed by atoms with Crippen LogP contribution in [0, 0.1) is 6.92 Å². The van der Waals surface area contributed by atoms with E-state index in [2.05, 4.69) is 30.2 Å². The highest BCUT2D eigenvalue weighted by Gasteiger charge is 2.42. The maximum atomic E-state index is 13.1. The number of methoxy groups -OCH3 is 1. The van der Waals surface area contributed by atoms with Crippen molar-refractivity contribution in [1.29, 1.82) is 0 Å². The summed E-state index contributed by atoms with van der Waals surface area (Å²) >= 11 is 1.58. The van der Waals surface area contributed by atoms with Gasteiger partial charge in [-0.1, -0.05) is 0 Å². The third kappa shape index (κ3) is 3.24. The average Bonchev–Trinajstić information content (AvgIpc) is 3.36. The van der Waals surface area contributed by atoms with Crippen molar-refractivity contribution in [3.05, 3.63) is 34.7 Å². The van der Waals surface area contributed by atoms with Crippen molar-refractivity contribution in [3.63, 3.8) is 0 Å². The van der Waals surface area contributed by atoms with Crippen LogP contribution < -0.4 is 10.2 Å². The van der Waals surface area contributed by atoms with Gasteiger partial charge in [0, 0.05) is 44.1 Å². The van der Waals surface area contributed by atoms with Crippen molar-refractivity contribution in [1.82, 2.24) is 25.3 Å². The Kier molecular flexibility index (Phi) is 5.03. The van der Waals surface area contributed by atoms with E-state index in [9.17, 15) is 4.79 Å². The number of carbonyl (C=O) groups excluding carboxylic acids is 1. The van der Waals surface area contributed by atoms with E-state index in [1.54, 1.807) is 30.3 Å². The number of thiazole rings is 1. The molecule has 2 N–H and O–H groups in total. The van der Waals surface area contributed by atoms with Crippen molar-refractivity contribution in [2.45, 2.75) is 38.3 Å². The first-order valence-electron chi connectivity index (χ1n) is 9.33. The van der Waals surface area contributed by atoms with E-state index in [-0.39, 0.29) is 11.9 Å². The number of nitrogens with zero attached hydrogens (tertiary/aromatic N) is 4. The van der Waals surface area contributed by atoms with Crippen LogP contribution in [0.5, 0.6) is 0 Å². The molecule has 1 aliphatic rings. The molecule has 0 aliphatic carbocycles. The van der Waals surface area contributed by atoms with Gasteiger partial charge >= 0.3 is 0 Å². The Hall–Kier alpha value is -2.52. The van der Waals surface area contributed by atoms with Crippen LogP contribution in [-0.4, -0.2) is 51.6 Å². The standard InChI is InChI=1S/C19H24N6O2S/c1-12(15-13(2)28-11-23-15)24-18(26)19(27-3)5-8-25(9-6-19)17-14-4-7-20-16(14)21-10-22-17/h4,7,10-12H,5-6,8-9H2,1-3H3,(H,24,26)(H,20,21,22). The largest absolute Gasteiger partial charge is 0.368 e. The molecule has 0 bridgehead atoms. The highest BCUT2D eigenvalue weighted by Crippen LogP contribution is 2.32. The zero-order chi connectivity index (χ0) is 19.7. The van der Waals surface area contributed by atoms with Crippen molar-refractivity contribution in [2.75, 3.05) is 25.1 Å². The minimum atomic E-state index is -0.834. The summed E-state index contributed by atoms with van der Waals surface area (Å²) in [6.45, 7) is 5.34. The van der Waals surface area contributed by atoms with E-state index in [4.69, 9.17) is 4.74 Å². The summed E-state index contributed by atoms with van der Waals surface area (Å²) in [4.78, 5) is 32.6. The lowest BCUT2D eigenvalue weighted by molar-refractivity contribution is -0.146. The smallest absolute Gasteiger partial charge is 0.252 e. The summed E-state index contributed by atoms with van der Waals surface area (Å²) in [7, 11) is 1.61. The number of H-pyrrole nitrogens is 1. The van der Waals surface area contributed by atoms with Gasteiger partial charge < -0.3 is 19.9 Å². The van der Waals surface area contributed by atoms with Crippen molar-refractivity contribution < 1.29 is 9.53 Å². The van der Waals surface area contributed by atoms with Crippen LogP contribution in [0.1, 0.15) is 36.4 Å². The molecule has 3 aromatic rings. The number of aryl methyl sites for hydroxylation is 1. The van der Waals surface area contributed by atoms with Crippen molar-refractivity contribution in [2.24, 2.45) is 0 Å². The minimum absolute atomic E-state index is 0.0796. The average molecular weight is 401 g/mol. The van der Waals surface area contributed by atoms with Crippen LogP contribution in [0.4, 0.5) is 5.82 Å². The molecule has 4 heterocycles. The number of aromatic nitrogens is 4. The molecule has 8 nitrogen and oxygen atoms in total. The van der Waals surface area contributed by atoms with Gasteiger partial charge in [0.1, 0.15) is 23.4 Å². The molecule has 0 radical (unpaired) electrons. The summed E-state index contributed by atoms with van der Waals surface area (Å²) in [5.41, 5.74) is 2.71. The second kappa shape index (κ2) is 7.48. The maximum Gasteiger partial charge on any atom is 0.252 e. The summed E-state index contributed by atoms with van der Waals surface area (Å²) in [5.74, 6) is 0.812. The van der Waals surface area contributed by atoms with Crippen molar-refractivity contribution >= 4 is 34.1 Å². The second-order valence-electron chi connectivity index (χ2n) is 7.11. The molecule has 1 atom stereocenters. The Morgan fingerprint density at radius 3 is 2.82 bits per heavy atom. The highest BCUT2D eigenvalue weighted by molar-refractivity contribution is 7.09. The quantitative estimate of drug-likeness (QED) is 0.683. The van der Waals surface area contributed by atoms with Gasteiger partial charge in [-0.15, -0.1) is 11.3 Å². The molecular formula is C19H24N6O2S. The Morgan fingerprint density at radius 1 is 1.36 bits per heavy atom. The number of ether oxygens (including phenoxy) is 1. The molecular weight excluding hydrogens is 376 g/mol. The Bertz CT molecular complexity index is 976. The maximum absolute atomic E-state index is 13.1. The molecule has 148 valence electrons. The number of nitrogens with one attached hydrogen (secondary N) is 2. The molecule has 1 aliphatic heterocycles. The minimum Gasteiger partial charge on any atom is -0.368 e. The van der Waals surface area contributed by atoms with Gasteiger partial charge in [-0.2, -0.15) is 0 Å². The van der Waals surface area contributed by atoms with E-state index in [1.165, 1.54) is 0 Å². The molecule has 0 aromatic carbocycles. The number of amides is 1. The van der Waals surface area contributed by atoms with Gasteiger partial charge in [0.2, 0.25) is 0 Å². The van der Waals surface area contributed by atoms with Gasteiger partial charge in [0.15, 0.2) is 0 Å². The number of aromatic amines is 1. The van der Waals surface area contributed by atoms with E-state index < -0.39 is 5.60 Å². The van der Waals surface area contributed by atoms with Crippen LogP contribution in [-0.2, 0) is 9.53 Å². The number of hydrogen-bond acceptors (Lipinski definition) is 7. The lowest BCUT2D eigenvalue weighted by atomic mass is 9.89. The fourth-order valence-electron chi connectivity index (χ4n) is 3.84. The van der Waals surface area contributed by atoms with Gasteiger partial charge in [-0.3, -0.25) is 4.79 Å². The molecule has 1 unspecified atom stereocenters. The number of piperidine rings is 1. The second-order valence-corrected chi connectivity index (χ2v) is 8.17. The molecule has 3 aromatic heterocycles. The van der Waals surface area contributed by atoms with E-state index in [0.717, 1.165) is 27.4 Å². The molecule has 0 saturated carbocycles.